The molecule has 0 aromatic heterocycles. The summed E-state index contributed by atoms with van der Waals surface area (Å²) in [6.07, 6.45) is 2.90. The van der Waals surface area contributed by atoms with Gasteiger partial charge in [0, 0.05) is 6.04 Å². The van der Waals surface area contributed by atoms with Crippen LogP contribution in [0.25, 0.3) is 0 Å². The van der Waals surface area contributed by atoms with Crippen molar-refractivity contribution in [3.05, 3.63) is 54.1 Å². The number of benzene rings is 2. The fourth-order valence-electron chi connectivity index (χ4n) is 2.80. The minimum absolute atomic E-state index is 0.0352. The van der Waals surface area contributed by atoms with Crippen LogP contribution in [-0.4, -0.2) is 44.8 Å². The molecule has 1 N–H and O–H groups in total. The lowest BCUT2D eigenvalue weighted by atomic mass is 10.2. The second-order valence-corrected chi connectivity index (χ2v) is 6.96. The molecule has 1 aliphatic heterocycles. The van der Waals surface area contributed by atoms with Crippen molar-refractivity contribution >= 4 is 21.2 Å². The number of nitrogens with zero attached hydrogens (tertiary/aromatic N) is 1. The maximum Gasteiger partial charge on any atom is 0.183 e. The first-order valence-electron chi connectivity index (χ1n) is 7.76. The number of carbonyl (C=O) groups excluding carboxylic acids is 1. The Labute approximate surface area is 138 Å². The van der Waals surface area contributed by atoms with Gasteiger partial charge in [0.2, 0.25) is 0 Å². The molecule has 0 unspecified atom stereocenters. The van der Waals surface area contributed by atoms with Crippen LogP contribution >= 0.6 is 0 Å². The Balaban J connectivity index is 1.63. The number of carbonyl (C=O) groups is 1. The van der Waals surface area contributed by atoms with E-state index in [9.17, 15) is 9.90 Å². The van der Waals surface area contributed by atoms with E-state index in [1.165, 1.54) is 11.3 Å². The molecule has 3 rings (SSSR count). The first-order valence-corrected chi connectivity index (χ1v) is 8.71. The summed E-state index contributed by atoms with van der Waals surface area (Å²) in [5, 5.41) is 11.0. The highest BCUT2D eigenvalue weighted by molar-refractivity contribution is 6.50. The van der Waals surface area contributed by atoms with Crippen molar-refractivity contribution in [2.45, 2.75) is 18.9 Å². The van der Waals surface area contributed by atoms with Gasteiger partial charge in [0.15, 0.2) is 16.0 Å². The summed E-state index contributed by atoms with van der Waals surface area (Å²) in [5.41, 5.74) is 0.225. The van der Waals surface area contributed by atoms with Gasteiger partial charge in [-0.25, -0.2) is 0 Å². The normalized spacial score (nSPS) is 18.0. The second kappa shape index (κ2) is 7.44. The van der Waals surface area contributed by atoms with Crippen molar-refractivity contribution in [3.63, 3.8) is 0 Å². The highest BCUT2D eigenvalue weighted by atomic mass is 28.2. The predicted molar refractivity (Wildman–Crippen MR) is 90.5 cm³/mol. The Morgan fingerprint density at radius 2 is 2.04 bits per heavy atom. The highest BCUT2D eigenvalue weighted by Crippen LogP contribution is 2.26. The zero-order valence-corrected chi connectivity index (χ0v) is 13.8. The molecule has 2 radical (unpaired) electrons. The molecule has 0 aliphatic carbocycles. The van der Waals surface area contributed by atoms with Crippen LogP contribution in [-0.2, 0) is 0 Å². The van der Waals surface area contributed by atoms with E-state index < -0.39 is 0 Å². The molecule has 118 valence electrons. The third-order valence-electron chi connectivity index (χ3n) is 4.02. The van der Waals surface area contributed by atoms with Crippen LogP contribution < -0.4 is 9.92 Å². The number of hydrogen-bond acceptors (Lipinski definition) is 4. The van der Waals surface area contributed by atoms with E-state index in [1.54, 1.807) is 12.1 Å². The summed E-state index contributed by atoms with van der Waals surface area (Å²) >= 11 is 0. The van der Waals surface area contributed by atoms with Crippen molar-refractivity contribution in [2.24, 2.45) is 0 Å². The van der Waals surface area contributed by atoms with E-state index in [4.69, 9.17) is 4.74 Å². The second-order valence-electron chi connectivity index (χ2n) is 5.59. The Morgan fingerprint density at radius 3 is 2.83 bits per heavy atom. The van der Waals surface area contributed by atoms with Gasteiger partial charge >= 0.3 is 0 Å². The molecule has 1 aliphatic rings. The lowest BCUT2D eigenvalue weighted by Gasteiger charge is -2.24. The van der Waals surface area contributed by atoms with Crippen LogP contribution in [0.5, 0.6) is 11.5 Å². The van der Waals surface area contributed by atoms with Crippen LogP contribution in [0.4, 0.5) is 0 Å². The minimum Gasteiger partial charge on any atom is -0.507 e. The molecule has 23 heavy (non-hydrogen) atoms. The molecule has 1 atom stereocenters. The molecule has 1 heterocycles. The predicted octanol–water partition coefficient (Wildman–Crippen LogP) is 1.99. The Bertz CT molecular complexity index is 663. The largest absolute Gasteiger partial charge is 0.507 e. The van der Waals surface area contributed by atoms with E-state index in [1.807, 2.05) is 6.07 Å². The summed E-state index contributed by atoms with van der Waals surface area (Å²) in [6, 6.07) is 15.7. The number of phenolic OH excluding ortho intramolecular Hbond substituents is 1. The van der Waals surface area contributed by atoms with Gasteiger partial charge in [-0.3, -0.25) is 4.79 Å². The standard InChI is InChI=1S/C18H19NO3Si/c20-12-16-17(21)9-4-10-18(16)22-13-14-6-5-11-19(14)23-15-7-2-1-3-8-15/h1-4,7-10,12,14,21H,5-6,11,13H2/t14-/m0/s1. The van der Waals surface area contributed by atoms with E-state index in [0.29, 0.717) is 34.4 Å². The number of aldehydes is 1. The van der Waals surface area contributed by atoms with Crippen LogP contribution in [0.1, 0.15) is 23.2 Å². The van der Waals surface area contributed by atoms with Crippen LogP contribution in [0.2, 0.25) is 0 Å². The van der Waals surface area contributed by atoms with Crippen molar-refractivity contribution < 1.29 is 14.6 Å². The topological polar surface area (TPSA) is 49.8 Å². The summed E-state index contributed by atoms with van der Waals surface area (Å²) in [6.45, 7) is 1.60. The van der Waals surface area contributed by atoms with Crippen molar-refractivity contribution in [1.29, 1.82) is 0 Å². The van der Waals surface area contributed by atoms with E-state index in [2.05, 4.69) is 28.8 Å². The highest BCUT2D eigenvalue weighted by Gasteiger charge is 2.26. The molecule has 1 fully saturated rings. The molecule has 2 aromatic rings. The van der Waals surface area contributed by atoms with Gasteiger partial charge in [-0.15, -0.1) is 0 Å². The Hall–Kier alpha value is -2.11. The third-order valence-corrected chi connectivity index (χ3v) is 5.48. The van der Waals surface area contributed by atoms with Crippen molar-refractivity contribution in [3.8, 4) is 11.5 Å². The molecular formula is C18H19NO3Si. The third kappa shape index (κ3) is 3.81. The lowest BCUT2D eigenvalue weighted by Crippen LogP contribution is -2.42. The number of aromatic hydroxyl groups is 1. The average Bonchev–Trinajstić information content (AvgIpc) is 3.01. The zero-order valence-electron chi connectivity index (χ0n) is 12.8. The smallest absolute Gasteiger partial charge is 0.183 e. The summed E-state index contributed by atoms with van der Waals surface area (Å²) in [5.74, 6) is 0.418. The fraction of sp³-hybridized carbons (Fsp3) is 0.278. The monoisotopic (exact) mass is 325 g/mol. The van der Waals surface area contributed by atoms with E-state index in [-0.39, 0.29) is 11.3 Å². The first kappa shape index (κ1) is 15.8. The first-order chi connectivity index (χ1) is 11.3. The average molecular weight is 325 g/mol. The van der Waals surface area contributed by atoms with Gasteiger partial charge in [0.05, 0.1) is 5.56 Å². The SMILES string of the molecule is O=Cc1c(O)cccc1OC[C@@H]1CCCN1[Si]c1ccccc1. The number of ether oxygens (including phenoxy) is 1. The Morgan fingerprint density at radius 1 is 1.22 bits per heavy atom. The van der Waals surface area contributed by atoms with Gasteiger partial charge in [0.25, 0.3) is 0 Å². The number of rotatable bonds is 6. The maximum absolute atomic E-state index is 11.1. The van der Waals surface area contributed by atoms with Gasteiger partial charge in [0.1, 0.15) is 18.1 Å². The van der Waals surface area contributed by atoms with Gasteiger partial charge < -0.3 is 14.4 Å². The van der Waals surface area contributed by atoms with Crippen LogP contribution in [0.15, 0.2) is 48.5 Å². The van der Waals surface area contributed by atoms with Gasteiger partial charge in [-0.05, 0) is 36.7 Å². The molecule has 0 spiro atoms. The van der Waals surface area contributed by atoms with E-state index >= 15 is 0 Å². The quantitative estimate of drug-likeness (QED) is 0.652. The summed E-state index contributed by atoms with van der Waals surface area (Å²) in [7, 11) is 0.636. The molecule has 0 saturated carbocycles. The molecule has 2 aromatic carbocycles. The number of phenols is 1. The van der Waals surface area contributed by atoms with Gasteiger partial charge in [-0.1, -0.05) is 36.4 Å². The summed E-state index contributed by atoms with van der Waals surface area (Å²) in [4.78, 5) is 11.1. The molecule has 1 saturated heterocycles. The summed E-state index contributed by atoms with van der Waals surface area (Å²) < 4.78 is 8.28. The minimum atomic E-state index is -0.0352. The molecule has 4 nitrogen and oxygen atoms in total. The molecule has 5 heteroatoms. The lowest BCUT2D eigenvalue weighted by molar-refractivity contribution is 0.111. The Kier molecular flexibility index (Phi) is 5.10. The molecular weight excluding hydrogens is 306 g/mol. The van der Waals surface area contributed by atoms with Crippen LogP contribution in [0, 0.1) is 0 Å². The van der Waals surface area contributed by atoms with Crippen molar-refractivity contribution in [2.75, 3.05) is 13.2 Å². The van der Waals surface area contributed by atoms with Crippen LogP contribution in [0.3, 0.4) is 0 Å². The number of hydrogen-bond donors (Lipinski definition) is 1. The van der Waals surface area contributed by atoms with E-state index in [0.717, 1.165) is 19.4 Å². The fourth-order valence-corrected chi connectivity index (χ4v) is 4.13. The zero-order chi connectivity index (χ0) is 16.1. The maximum atomic E-state index is 11.1. The van der Waals surface area contributed by atoms with Crippen molar-refractivity contribution in [1.82, 2.24) is 4.57 Å². The van der Waals surface area contributed by atoms with Gasteiger partial charge in [-0.2, -0.15) is 0 Å². The molecule has 0 bridgehead atoms. The molecule has 0 amide bonds.